The molecule has 1 aromatic carbocycles. The third-order valence-electron chi connectivity index (χ3n) is 2.12. The first kappa shape index (κ1) is 11.0. The Balaban J connectivity index is 2.71. The van der Waals surface area contributed by atoms with Crippen LogP contribution in [0.25, 0.3) is 0 Å². The smallest absolute Gasteiger partial charge is 0.0629 e. The van der Waals surface area contributed by atoms with E-state index in [9.17, 15) is 0 Å². The highest BCUT2D eigenvalue weighted by atomic mass is 14.7. The van der Waals surface area contributed by atoms with Gasteiger partial charge in [-0.2, -0.15) is 0 Å². The second-order valence-corrected chi connectivity index (χ2v) is 3.51. The van der Waals surface area contributed by atoms with E-state index in [2.05, 4.69) is 31.0 Å². The molecule has 0 aliphatic heterocycles. The van der Waals surface area contributed by atoms with Gasteiger partial charge >= 0.3 is 0 Å². The van der Waals surface area contributed by atoms with Crippen molar-refractivity contribution in [1.82, 2.24) is 0 Å². The van der Waals surface area contributed by atoms with Gasteiger partial charge in [-0.15, -0.1) is 0 Å². The number of nitrogens with zero attached hydrogens (tertiary/aromatic N) is 1. The maximum atomic E-state index is 4.65. The number of para-hydroxylation sites is 1. The summed E-state index contributed by atoms with van der Waals surface area (Å²) < 4.78 is 0. The highest BCUT2D eigenvalue weighted by Gasteiger charge is 1.96. The van der Waals surface area contributed by atoms with Crippen molar-refractivity contribution in [3.05, 3.63) is 30.3 Å². The fourth-order valence-electron chi connectivity index (χ4n) is 1.50. The molecule has 0 N–H and O–H groups in total. The van der Waals surface area contributed by atoms with E-state index in [1.165, 1.54) is 18.6 Å². The molecule has 0 heterocycles. The molecule has 0 aliphatic carbocycles. The average molecular weight is 189 g/mol. The minimum absolute atomic E-state index is 1.09. The van der Waals surface area contributed by atoms with Crippen LogP contribution in [0.5, 0.6) is 0 Å². The first-order chi connectivity index (χ1) is 6.86. The van der Waals surface area contributed by atoms with Crippen molar-refractivity contribution in [2.75, 3.05) is 0 Å². The zero-order valence-electron chi connectivity index (χ0n) is 9.16. The third kappa shape index (κ3) is 3.73. The fourth-order valence-corrected chi connectivity index (χ4v) is 1.50. The van der Waals surface area contributed by atoms with Crippen LogP contribution in [-0.2, 0) is 0 Å². The molecule has 0 aliphatic rings. The normalized spacial score (nSPS) is 9.86. The van der Waals surface area contributed by atoms with Gasteiger partial charge in [-0.05, 0) is 25.0 Å². The highest BCUT2D eigenvalue weighted by Crippen LogP contribution is 2.13. The van der Waals surface area contributed by atoms with Gasteiger partial charge in [-0.1, -0.05) is 44.9 Å². The molecule has 0 bridgehead atoms. The van der Waals surface area contributed by atoms with E-state index in [0.29, 0.717) is 0 Å². The molecule has 0 fully saturated rings. The first-order valence-electron chi connectivity index (χ1n) is 5.48. The second kappa shape index (κ2) is 6.36. The maximum absolute atomic E-state index is 4.65. The Morgan fingerprint density at radius 1 is 1.00 bits per heavy atom. The number of rotatable bonds is 5. The van der Waals surface area contributed by atoms with Crippen LogP contribution in [0.3, 0.4) is 0 Å². The van der Waals surface area contributed by atoms with Crippen molar-refractivity contribution in [2.24, 2.45) is 4.99 Å². The minimum Gasteiger partial charge on any atom is -0.258 e. The molecule has 1 nitrogen and oxygen atoms in total. The second-order valence-electron chi connectivity index (χ2n) is 3.51. The molecule has 76 valence electrons. The summed E-state index contributed by atoms with van der Waals surface area (Å²) in [5.74, 6) is 0. The molecular weight excluding hydrogens is 170 g/mol. The molecule has 0 saturated heterocycles. The lowest BCUT2D eigenvalue weighted by molar-refractivity contribution is 0.914. The summed E-state index contributed by atoms with van der Waals surface area (Å²) in [6.45, 7) is 4.41. The van der Waals surface area contributed by atoms with Crippen molar-refractivity contribution in [3.63, 3.8) is 0 Å². The van der Waals surface area contributed by atoms with Crippen molar-refractivity contribution in [2.45, 2.75) is 39.5 Å². The molecule has 14 heavy (non-hydrogen) atoms. The SMILES string of the molecule is CCCC(CCC)=Nc1ccccc1. The molecule has 0 amide bonds. The van der Waals surface area contributed by atoms with E-state index in [1.807, 2.05) is 18.2 Å². The molecular formula is C13H19N. The largest absolute Gasteiger partial charge is 0.258 e. The summed E-state index contributed by atoms with van der Waals surface area (Å²) in [6, 6.07) is 10.2. The van der Waals surface area contributed by atoms with Crippen LogP contribution < -0.4 is 0 Å². The molecule has 0 unspecified atom stereocenters. The topological polar surface area (TPSA) is 12.4 Å². The van der Waals surface area contributed by atoms with Crippen molar-refractivity contribution >= 4 is 11.4 Å². The van der Waals surface area contributed by atoms with E-state index < -0.39 is 0 Å². The minimum atomic E-state index is 1.09. The molecule has 0 spiro atoms. The number of benzene rings is 1. The van der Waals surface area contributed by atoms with Crippen LogP contribution in [0.15, 0.2) is 35.3 Å². The first-order valence-corrected chi connectivity index (χ1v) is 5.48. The van der Waals surface area contributed by atoms with Gasteiger partial charge < -0.3 is 0 Å². The lowest BCUT2D eigenvalue weighted by Crippen LogP contribution is -1.95. The van der Waals surface area contributed by atoms with Crippen LogP contribution in [0.1, 0.15) is 39.5 Å². The standard InChI is InChI=1S/C13H19N/c1-3-8-12(9-4-2)14-13-10-6-5-7-11-13/h5-7,10-11H,3-4,8-9H2,1-2H3. The Labute approximate surface area is 86.9 Å². The summed E-state index contributed by atoms with van der Waals surface area (Å²) in [5.41, 5.74) is 2.42. The van der Waals surface area contributed by atoms with E-state index in [-0.39, 0.29) is 0 Å². The van der Waals surface area contributed by atoms with Crippen molar-refractivity contribution in [1.29, 1.82) is 0 Å². The van der Waals surface area contributed by atoms with Crippen LogP contribution in [0.2, 0.25) is 0 Å². The van der Waals surface area contributed by atoms with Gasteiger partial charge in [0.2, 0.25) is 0 Å². The molecule has 0 radical (unpaired) electrons. The third-order valence-corrected chi connectivity index (χ3v) is 2.12. The lowest BCUT2D eigenvalue weighted by Gasteiger charge is -2.03. The van der Waals surface area contributed by atoms with Crippen molar-refractivity contribution < 1.29 is 0 Å². The Bertz CT molecular complexity index is 267. The Hall–Kier alpha value is -1.11. The van der Waals surface area contributed by atoms with Gasteiger partial charge in [0.25, 0.3) is 0 Å². The van der Waals surface area contributed by atoms with E-state index in [0.717, 1.165) is 18.5 Å². The van der Waals surface area contributed by atoms with Gasteiger partial charge in [0.05, 0.1) is 5.69 Å². The summed E-state index contributed by atoms with van der Waals surface area (Å²) in [4.78, 5) is 4.65. The van der Waals surface area contributed by atoms with E-state index >= 15 is 0 Å². The zero-order chi connectivity index (χ0) is 10.2. The summed E-state index contributed by atoms with van der Waals surface area (Å²) in [5, 5.41) is 0. The zero-order valence-corrected chi connectivity index (χ0v) is 9.16. The van der Waals surface area contributed by atoms with Crippen LogP contribution in [-0.4, -0.2) is 5.71 Å². The molecule has 1 heteroatoms. The predicted molar refractivity (Wildman–Crippen MR) is 63.4 cm³/mol. The highest BCUT2D eigenvalue weighted by molar-refractivity contribution is 5.86. The molecule has 0 aromatic heterocycles. The number of aliphatic imine (C=N–C) groups is 1. The number of hydrogen-bond acceptors (Lipinski definition) is 1. The Kier molecular flexibility index (Phi) is 4.98. The van der Waals surface area contributed by atoms with Gasteiger partial charge in [0, 0.05) is 5.71 Å². The quantitative estimate of drug-likeness (QED) is 0.610. The van der Waals surface area contributed by atoms with Crippen LogP contribution in [0, 0.1) is 0 Å². The monoisotopic (exact) mass is 189 g/mol. The lowest BCUT2D eigenvalue weighted by atomic mass is 10.1. The van der Waals surface area contributed by atoms with Gasteiger partial charge in [-0.25, -0.2) is 0 Å². The molecule has 1 aromatic rings. The Morgan fingerprint density at radius 2 is 1.57 bits per heavy atom. The van der Waals surface area contributed by atoms with Crippen molar-refractivity contribution in [3.8, 4) is 0 Å². The maximum Gasteiger partial charge on any atom is 0.0629 e. The van der Waals surface area contributed by atoms with Gasteiger partial charge in [0.1, 0.15) is 0 Å². The van der Waals surface area contributed by atoms with E-state index in [4.69, 9.17) is 0 Å². The number of hydrogen-bond donors (Lipinski definition) is 0. The van der Waals surface area contributed by atoms with Crippen LogP contribution >= 0.6 is 0 Å². The van der Waals surface area contributed by atoms with Gasteiger partial charge in [0.15, 0.2) is 0 Å². The molecule has 0 saturated carbocycles. The van der Waals surface area contributed by atoms with E-state index in [1.54, 1.807) is 0 Å². The van der Waals surface area contributed by atoms with Crippen LogP contribution in [0.4, 0.5) is 5.69 Å². The fraction of sp³-hybridized carbons (Fsp3) is 0.462. The molecule has 1 rings (SSSR count). The average Bonchev–Trinajstić information content (AvgIpc) is 2.20. The predicted octanol–water partition coefficient (Wildman–Crippen LogP) is 4.36. The summed E-state index contributed by atoms with van der Waals surface area (Å²) >= 11 is 0. The summed E-state index contributed by atoms with van der Waals surface area (Å²) in [7, 11) is 0. The summed E-state index contributed by atoms with van der Waals surface area (Å²) in [6.07, 6.45) is 4.63. The molecule has 0 atom stereocenters. The Morgan fingerprint density at radius 3 is 2.07 bits per heavy atom. The van der Waals surface area contributed by atoms with Gasteiger partial charge in [-0.3, -0.25) is 4.99 Å².